The van der Waals surface area contributed by atoms with Crippen LogP contribution < -0.4 is 5.73 Å². The highest BCUT2D eigenvalue weighted by Crippen LogP contribution is 2.27. The monoisotopic (exact) mass is 375 g/mol. The first-order chi connectivity index (χ1) is 10.7. The zero-order valence-corrected chi connectivity index (χ0v) is 15.1. The quantitative estimate of drug-likeness (QED) is 0.868. The predicted molar refractivity (Wildman–Crippen MR) is 95.9 cm³/mol. The molecule has 1 aliphatic heterocycles. The third-order valence-corrected chi connectivity index (χ3v) is 4.18. The summed E-state index contributed by atoms with van der Waals surface area (Å²) in [5.74, 6) is 1.26. The number of fused-ring (bicyclic) bond motifs is 1. The molecule has 0 aliphatic carbocycles. The maximum atomic E-state index is 12.2. The molecule has 1 amide bonds. The van der Waals surface area contributed by atoms with E-state index in [4.69, 9.17) is 10.5 Å². The van der Waals surface area contributed by atoms with Gasteiger partial charge in [0.25, 0.3) is 0 Å². The Balaban J connectivity index is 0.00000144. The zero-order chi connectivity index (χ0) is 15.5. The predicted octanol–water partition coefficient (Wildman–Crippen LogP) is 1.25. The Hall–Kier alpha value is -1.41. The SMILES string of the molecule is COCC(N)C(=O)N1CCC(c2nnc3ccccn23)CC1.Cl.Cl. The molecule has 134 valence electrons. The minimum Gasteiger partial charge on any atom is -0.383 e. The van der Waals surface area contributed by atoms with Crippen molar-refractivity contribution in [3.8, 4) is 0 Å². The Morgan fingerprint density at radius 1 is 1.33 bits per heavy atom. The molecule has 0 radical (unpaired) electrons. The van der Waals surface area contributed by atoms with E-state index in [0.717, 1.165) is 24.3 Å². The number of nitrogens with zero attached hydrogens (tertiary/aromatic N) is 4. The molecule has 1 unspecified atom stereocenters. The number of ether oxygens (including phenoxy) is 1. The van der Waals surface area contributed by atoms with Gasteiger partial charge < -0.3 is 15.4 Å². The molecular weight excluding hydrogens is 353 g/mol. The molecule has 2 aromatic heterocycles. The topological polar surface area (TPSA) is 85.8 Å². The van der Waals surface area contributed by atoms with E-state index in [1.54, 1.807) is 7.11 Å². The van der Waals surface area contributed by atoms with Gasteiger partial charge in [0.1, 0.15) is 11.9 Å². The lowest BCUT2D eigenvalue weighted by Gasteiger charge is -2.32. The number of methoxy groups -OCH3 is 1. The number of pyridine rings is 1. The first-order valence-corrected chi connectivity index (χ1v) is 7.53. The van der Waals surface area contributed by atoms with E-state index in [-0.39, 0.29) is 37.3 Å². The average Bonchev–Trinajstić information content (AvgIpc) is 2.98. The van der Waals surface area contributed by atoms with Gasteiger partial charge >= 0.3 is 0 Å². The molecule has 2 aromatic rings. The van der Waals surface area contributed by atoms with Crippen molar-refractivity contribution in [3.05, 3.63) is 30.2 Å². The summed E-state index contributed by atoms with van der Waals surface area (Å²) in [6.45, 7) is 1.65. The standard InChI is InChI=1S/C15H21N5O2.2ClH/c1-22-10-12(16)15(21)19-8-5-11(6-9-19)14-18-17-13-4-2-3-7-20(13)14;;/h2-4,7,11-12H,5-6,8-10,16H2,1H3;2*1H. The summed E-state index contributed by atoms with van der Waals surface area (Å²) in [5, 5.41) is 8.51. The van der Waals surface area contributed by atoms with Crippen molar-refractivity contribution in [1.82, 2.24) is 19.5 Å². The molecule has 7 nitrogen and oxygen atoms in total. The number of amides is 1. The van der Waals surface area contributed by atoms with Gasteiger partial charge in [0.2, 0.25) is 5.91 Å². The number of aromatic nitrogens is 3. The molecule has 1 fully saturated rings. The zero-order valence-electron chi connectivity index (χ0n) is 13.5. The number of likely N-dealkylation sites (tertiary alicyclic amines) is 1. The summed E-state index contributed by atoms with van der Waals surface area (Å²) in [6, 6.07) is 5.29. The van der Waals surface area contributed by atoms with Crippen LogP contribution in [0.3, 0.4) is 0 Å². The van der Waals surface area contributed by atoms with Crippen molar-refractivity contribution in [1.29, 1.82) is 0 Å². The summed E-state index contributed by atoms with van der Waals surface area (Å²) < 4.78 is 6.98. The fourth-order valence-electron chi connectivity index (χ4n) is 2.98. The molecule has 0 aromatic carbocycles. The molecule has 2 N–H and O–H groups in total. The van der Waals surface area contributed by atoms with Gasteiger partial charge in [0.05, 0.1) is 6.61 Å². The minimum absolute atomic E-state index is 0. The van der Waals surface area contributed by atoms with Gasteiger partial charge in [0, 0.05) is 32.3 Å². The Morgan fingerprint density at radius 3 is 2.71 bits per heavy atom. The minimum atomic E-state index is -0.574. The Kier molecular flexibility index (Phi) is 7.89. The fraction of sp³-hybridized carbons (Fsp3) is 0.533. The third kappa shape index (κ3) is 4.16. The van der Waals surface area contributed by atoms with Gasteiger partial charge in [-0.2, -0.15) is 0 Å². The molecule has 1 saturated heterocycles. The maximum absolute atomic E-state index is 12.2. The number of hydrogen-bond donors (Lipinski definition) is 1. The third-order valence-electron chi connectivity index (χ3n) is 4.18. The Bertz CT molecular complexity index is 658. The summed E-state index contributed by atoms with van der Waals surface area (Å²) >= 11 is 0. The second-order valence-corrected chi connectivity index (χ2v) is 5.65. The van der Waals surface area contributed by atoms with Gasteiger partial charge in [0.15, 0.2) is 5.65 Å². The van der Waals surface area contributed by atoms with Crippen molar-refractivity contribution >= 4 is 36.4 Å². The van der Waals surface area contributed by atoms with Crippen molar-refractivity contribution in [2.45, 2.75) is 24.8 Å². The molecule has 1 aliphatic rings. The number of nitrogens with two attached hydrogens (primary N) is 1. The maximum Gasteiger partial charge on any atom is 0.241 e. The van der Waals surface area contributed by atoms with Gasteiger partial charge in [-0.25, -0.2) is 0 Å². The number of hydrogen-bond acceptors (Lipinski definition) is 5. The van der Waals surface area contributed by atoms with Gasteiger partial charge in [-0.05, 0) is 25.0 Å². The van der Waals surface area contributed by atoms with E-state index in [9.17, 15) is 4.79 Å². The largest absolute Gasteiger partial charge is 0.383 e. The Morgan fingerprint density at radius 2 is 2.04 bits per heavy atom. The van der Waals surface area contributed by atoms with E-state index in [1.807, 2.05) is 33.7 Å². The fourth-order valence-corrected chi connectivity index (χ4v) is 2.98. The van der Waals surface area contributed by atoms with Crippen LogP contribution >= 0.6 is 24.8 Å². The molecule has 0 saturated carbocycles. The van der Waals surface area contributed by atoms with Gasteiger partial charge in [-0.15, -0.1) is 35.0 Å². The average molecular weight is 376 g/mol. The lowest BCUT2D eigenvalue weighted by Crippen LogP contribution is -2.48. The van der Waals surface area contributed by atoms with Gasteiger partial charge in [-0.3, -0.25) is 9.20 Å². The van der Waals surface area contributed by atoms with Crippen LogP contribution in [0.5, 0.6) is 0 Å². The number of rotatable bonds is 4. The molecule has 3 rings (SSSR count). The van der Waals surface area contributed by atoms with Crippen LogP contribution in [0.25, 0.3) is 5.65 Å². The molecule has 0 bridgehead atoms. The molecule has 1 atom stereocenters. The van der Waals surface area contributed by atoms with E-state index < -0.39 is 6.04 Å². The van der Waals surface area contributed by atoms with E-state index in [1.165, 1.54) is 0 Å². The molecular formula is C15H23Cl2N5O2. The van der Waals surface area contributed by atoms with Crippen molar-refractivity contribution in [2.24, 2.45) is 5.73 Å². The molecule has 0 spiro atoms. The second-order valence-electron chi connectivity index (χ2n) is 5.65. The van der Waals surface area contributed by atoms with E-state index >= 15 is 0 Å². The summed E-state index contributed by atoms with van der Waals surface area (Å²) in [5.41, 5.74) is 6.68. The summed E-state index contributed by atoms with van der Waals surface area (Å²) in [7, 11) is 1.55. The van der Waals surface area contributed by atoms with Crippen molar-refractivity contribution in [2.75, 3.05) is 26.8 Å². The van der Waals surface area contributed by atoms with Crippen LogP contribution in [0.4, 0.5) is 0 Å². The van der Waals surface area contributed by atoms with Crippen LogP contribution in [0, 0.1) is 0 Å². The number of carbonyl (C=O) groups is 1. The van der Waals surface area contributed by atoms with Gasteiger partial charge in [-0.1, -0.05) is 6.07 Å². The normalized spacial score (nSPS) is 16.3. The first kappa shape index (κ1) is 20.6. The lowest BCUT2D eigenvalue weighted by molar-refractivity contribution is -0.134. The highest BCUT2D eigenvalue weighted by Gasteiger charge is 2.29. The highest BCUT2D eigenvalue weighted by molar-refractivity contribution is 5.85. The number of carbonyl (C=O) groups excluding carboxylic acids is 1. The van der Waals surface area contributed by atoms with E-state index in [2.05, 4.69) is 10.2 Å². The number of halogens is 2. The second kappa shape index (κ2) is 9.17. The van der Waals surface area contributed by atoms with Crippen LogP contribution in [0.2, 0.25) is 0 Å². The molecule has 3 heterocycles. The van der Waals surface area contributed by atoms with Crippen LogP contribution in [0.1, 0.15) is 24.6 Å². The number of piperidine rings is 1. The van der Waals surface area contributed by atoms with Crippen LogP contribution in [-0.2, 0) is 9.53 Å². The summed E-state index contributed by atoms with van der Waals surface area (Å²) in [4.78, 5) is 14.0. The van der Waals surface area contributed by atoms with Crippen molar-refractivity contribution < 1.29 is 9.53 Å². The van der Waals surface area contributed by atoms with Crippen molar-refractivity contribution in [3.63, 3.8) is 0 Å². The highest BCUT2D eigenvalue weighted by atomic mass is 35.5. The lowest BCUT2D eigenvalue weighted by atomic mass is 9.95. The first-order valence-electron chi connectivity index (χ1n) is 7.53. The Labute approximate surface area is 153 Å². The van der Waals surface area contributed by atoms with Crippen LogP contribution in [0.15, 0.2) is 24.4 Å². The smallest absolute Gasteiger partial charge is 0.241 e. The molecule has 24 heavy (non-hydrogen) atoms. The van der Waals surface area contributed by atoms with Crippen LogP contribution in [-0.4, -0.2) is 58.3 Å². The molecule has 9 heteroatoms. The van der Waals surface area contributed by atoms with E-state index in [0.29, 0.717) is 19.0 Å². The summed E-state index contributed by atoms with van der Waals surface area (Å²) in [6.07, 6.45) is 3.74.